The summed E-state index contributed by atoms with van der Waals surface area (Å²) in [4.78, 5) is 14.1. The molecule has 0 saturated carbocycles. The van der Waals surface area contributed by atoms with Crippen LogP contribution in [-0.4, -0.2) is 36.5 Å². The monoisotopic (exact) mass is 300 g/mol. The molecule has 0 spiro atoms. The molecule has 0 aliphatic carbocycles. The number of nitrogens with one attached hydrogen (secondary N) is 1. The van der Waals surface area contributed by atoms with Gasteiger partial charge in [0.1, 0.15) is 0 Å². The zero-order chi connectivity index (χ0) is 15.4. The number of rotatable bonds is 4. The molecule has 6 heteroatoms. The minimum atomic E-state index is -1.59. The fourth-order valence-electron chi connectivity index (χ4n) is 2.65. The van der Waals surface area contributed by atoms with Crippen LogP contribution in [0.5, 0.6) is 0 Å². The Morgan fingerprint density at radius 3 is 2.52 bits per heavy atom. The first-order valence-corrected chi connectivity index (χ1v) is 7.21. The third-order valence-corrected chi connectivity index (χ3v) is 3.74. The highest BCUT2D eigenvalue weighted by Crippen LogP contribution is 2.20. The zero-order valence-corrected chi connectivity index (χ0v) is 12.0. The summed E-state index contributed by atoms with van der Waals surface area (Å²) in [6.45, 7) is 3.97. The molecule has 3 nitrogen and oxygen atoms in total. The van der Waals surface area contributed by atoms with E-state index < -0.39 is 28.9 Å². The normalized spacial score (nSPS) is 16.0. The number of hydrogen-bond acceptors (Lipinski definition) is 2. The van der Waals surface area contributed by atoms with Gasteiger partial charge in [-0.25, -0.2) is 13.2 Å². The van der Waals surface area contributed by atoms with E-state index in [2.05, 4.69) is 5.32 Å². The lowest BCUT2D eigenvalue weighted by Crippen LogP contribution is -2.46. The molecule has 0 radical (unpaired) electrons. The van der Waals surface area contributed by atoms with Crippen LogP contribution in [0.15, 0.2) is 12.1 Å². The van der Waals surface area contributed by atoms with Gasteiger partial charge in [0.15, 0.2) is 17.5 Å². The standard InChI is InChI=1S/C15H19F3N2O/c1-2-9-20(10-5-7-19-8-6-10)15(21)11-3-4-12(16)14(18)13(11)17/h3-4,10,19H,2,5-9H2,1H3. The van der Waals surface area contributed by atoms with E-state index in [9.17, 15) is 18.0 Å². The second-order valence-corrected chi connectivity index (χ2v) is 5.20. The molecule has 1 aromatic rings. The number of piperidine rings is 1. The number of carbonyl (C=O) groups is 1. The number of nitrogens with zero attached hydrogens (tertiary/aromatic N) is 1. The topological polar surface area (TPSA) is 32.3 Å². The predicted octanol–water partition coefficient (Wildman–Crippen LogP) is 2.71. The average Bonchev–Trinajstić information content (AvgIpc) is 2.51. The Bertz CT molecular complexity index is 516. The molecule has 1 amide bonds. The average molecular weight is 300 g/mol. The molecule has 0 unspecified atom stereocenters. The molecule has 1 saturated heterocycles. The van der Waals surface area contributed by atoms with E-state index in [1.165, 1.54) is 0 Å². The van der Waals surface area contributed by atoms with Gasteiger partial charge in [-0.3, -0.25) is 4.79 Å². The second kappa shape index (κ2) is 6.93. The van der Waals surface area contributed by atoms with E-state index in [0.717, 1.165) is 44.5 Å². The molecule has 0 atom stereocenters. The van der Waals surface area contributed by atoms with E-state index in [-0.39, 0.29) is 6.04 Å². The van der Waals surface area contributed by atoms with Crippen LogP contribution >= 0.6 is 0 Å². The molecule has 1 aliphatic rings. The van der Waals surface area contributed by atoms with Crippen LogP contribution in [-0.2, 0) is 0 Å². The lowest BCUT2D eigenvalue weighted by atomic mass is 10.0. The van der Waals surface area contributed by atoms with E-state index in [0.29, 0.717) is 6.54 Å². The molecule has 1 N–H and O–H groups in total. The lowest BCUT2D eigenvalue weighted by Gasteiger charge is -2.34. The Labute approximate surface area is 122 Å². The van der Waals surface area contributed by atoms with Gasteiger partial charge < -0.3 is 10.2 Å². The summed E-state index contributed by atoms with van der Waals surface area (Å²) in [5.41, 5.74) is -0.402. The fraction of sp³-hybridized carbons (Fsp3) is 0.533. The van der Waals surface area contributed by atoms with Crippen molar-refractivity contribution < 1.29 is 18.0 Å². The molecular formula is C15H19F3N2O. The third kappa shape index (κ3) is 3.37. The first-order chi connectivity index (χ1) is 10.1. The maximum absolute atomic E-state index is 13.8. The first kappa shape index (κ1) is 15.8. The molecule has 1 aromatic carbocycles. The van der Waals surface area contributed by atoms with Crippen molar-refractivity contribution >= 4 is 5.91 Å². The summed E-state index contributed by atoms with van der Waals surface area (Å²) in [5, 5.41) is 3.20. The maximum Gasteiger partial charge on any atom is 0.257 e. The van der Waals surface area contributed by atoms with Crippen molar-refractivity contribution in [1.82, 2.24) is 10.2 Å². The summed E-state index contributed by atoms with van der Waals surface area (Å²) < 4.78 is 40.1. The highest BCUT2D eigenvalue weighted by molar-refractivity contribution is 5.94. The molecule has 0 bridgehead atoms. The Morgan fingerprint density at radius 1 is 1.24 bits per heavy atom. The van der Waals surface area contributed by atoms with Crippen molar-refractivity contribution in [2.75, 3.05) is 19.6 Å². The predicted molar refractivity (Wildman–Crippen MR) is 73.5 cm³/mol. The number of carbonyl (C=O) groups excluding carboxylic acids is 1. The van der Waals surface area contributed by atoms with Crippen molar-refractivity contribution in [3.05, 3.63) is 35.1 Å². The van der Waals surface area contributed by atoms with Crippen molar-refractivity contribution in [2.24, 2.45) is 0 Å². The number of hydrogen-bond donors (Lipinski definition) is 1. The Hall–Kier alpha value is -1.56. The largest absolute Gasteiger partial charge is 0.335 e. The summed E-state index contributed by atoms with van der Waals surface area (Å²) >= 11 is 0. The van der Waals surface area contributed by atoms with Gasteiger partial charge in [0.05, 0.1) is 5.56 Å². The quantitative estimate of drug-likeness (QED) is 0.867. The molecule has 1 heterocycles. The summed E-state index contributed by atoms with van der Waals surface area (Å²) in [7, 11) is 0. The smallest absolute Gasteiger partial charge is 0.257 e. The van der Waals surface area contributed by atoms with E-state index in [1.54, 1.807) is 4.90 Å². The number of amides is 1. The van der Waals surface area contributed by atoms with Crippen molar-refractivity contribution in [3.63, 3.8) is 0 Å². The van der Waals surface area contributed by atoms with E-state index in [1.807, 2.05) is 6.92 Å². The summed E-state index contributed by atoms with van der Waals surface area (Å²) in [5.74, 6) is -4.86. The fourth-order valence-corrected chi connectivity index (χ4v) is 2.65. The SMILES string of the molecule is CCCN(C(=O)c1ccc(F)c(F)c1F)C1CCNCC1. The van der Waals surface area contributed by atoms with E-state index in [4.69, 9.17) is 0 Å². The van der Waals surface area contributed by atoms with Gasteiger partial charge in [-0.1, -0.05) is 6.92 Å². The summed E-state index contributed by atoms with van der Waals surface area (Å²) in [6.07, 6.45) is 2.27. The molecule has 1 fully saturated rings. The van der Waals surface area contributed by atoms with Gasteiger partial charge in [-0.15, -0.1) is 0 Å². The van der Waals surface area contributed by atoms with Gasteiger partial charge in [-0.05, 0) is 44.5 Å². The molecular weight excluding hydrogens is 281 g/mol. The van der Waals surface area contributed by atoms with Crippen LogP contribution in [0.1, 0.15) is 36.5 Å². The molecule has 1 aliphatic heterocycles. The van der Waals surface area contributed by atoms with Crippen molar-refractivity contribution in [1.29, 1.82) is 0 Å². The highest BCUT2D eigenvalue weighted by Gasteiger charge is 2.28. The first-order valence-electron chi connectivity index (χ1n) is 7.21. The lowest BCUT2D eigenvalue weighted by molar-refractivity contribution is 0.0636. The minimum Gasteiger partial charge on any atom is -0.335 e. The van der Waals surface area contributed by atoms with Gasteiger partial charge in [0, 0.05) is 12.6 Å². The number of benzene rings is 1. The van der Waals surface area contributed by atoms with Crippen LogP contribution in [0.3, 0.4) is 0 Å². The van der Waals surface area contributed by atoms with Crippen LogP contribution in [0, 0.1) is 17.5 Å². The Kier molecular flexibility index (Phi) is 5.22. The van der Waals surface area contributed by atoms with Gasteiger partial charge in [0.25, 0.3) is 5.91 Å². The molecule has 2 rings (SSSR count). The molecule has 0 aromatic heterocycles. The minimum absolute atomic E-state index is 0.00575. The highest BCUT2D eigenvalue weighted by atomic mass is 19.2. The van der Waals surface area contributed by atoms with Crippen LogP contribution in [0.25, 0.3) is 0 Å². The maximum atomic E-state index is 13.8. The van der Waals surface area contributed by atoms with Gasteiger partial charge >= 0.3 is 0 Å². The Balaban J connectivity index is 2.27. The van der Waals surface area contributed by atoms with Crippen molar-refractivity contribution in [3.8, 4) is 0 Å². The van der Waals surface area contributed by atoms with Gasteiger partial charge in [0.2, 0.25) is 0 Å². The Morgan fingerprint density at radius 2 is 1.90 bits per heavy atom. The van der Waals surface area contributed by atoms with Crippen LogP contribution in [0.2, 0.25) is 0 Å². The van der Waals surface area contributed by atoms with Crippen LogP contribution < -0.4 is 5.32 Å². The summed E-state index contributed by atoms with van der Waals surface area (Å²) in [6, 6.07) is 1.81. The van der Waals surface area contributed by atoms with Gasteiger partial charge in [-0.2, -0.15) is 0 Å². The second-order valence-electron chi connectivity index (χ2n) is 5.20. The molecule has 21 heavy (non-hydrogen) atoms. The van der Waals surface area contributed by atoms with Crippen molar-refractivity contribution in [2.45, 2.75) is 32.2 Å². The number of halogens is 3. The van der Waals surface area contributed by atoms with Crippen LogP contribution in [0.4, 0.5) is 13.2 Å². The zero-order valence-electron chi connectivity index (χ0n) is 12.0. The third-order valence-electron chi connectivity index (χ3n) is 3.74. The van der Waals surface area contributed by atoms with E-state index >= 15 is 0 Å². The molecule has 116 valence electrons.